The van der Waals surface area contributed by atoms with Crippen molar-refractivity contribution in [3.8, 4) is 0 Å². The molecule has 0 aromatic carbocycles. The number of ether oxygens (including phenoxy) is 1. The maximum atomic E-state index is 12.5. The van der Waals surface area contributed by atoms with Gasteiger partial charge < -0.3 is 15.4 Å². The number of carbonyl (C=O) groups is 3. The van der Waals surface area contributed by atoms with Crippen LogP contribution in [0.3, 0.4) is 0 Å². The molecule has 1 heterocycles. The van der Waals surface area contributed by atoms with E-state index in [4.69, 9.17) is 4.74 Å². The molecule has 0 spiro atoms. The van der Waals surface area contributed by atoms with Crippen molar-refractivity contribution in [2.45, 2.75) is 64.8 Å². The zero-order valence-corrected chi connectivity index (χ0v) is 16.4. The Hall–Kier alpha value is -2.38. The highest BCUT2D eigenvalue weighted by Gasteiger charge is 2.37. The molecule has 0 saturated heterocycles. The normalized spacial score (nSPS) is 16.1. The monoisotopic (exact) mass is 378 g/mol. The Morgan fingerprint density at radius 3 is 2.59 bits per heavy atom. The Balaban J connectivity index is 1.92. The van der Waals surface area contributed by atoms with Crippen molar-refractivity contribution >= 4 is 23.6 Å². The van der Waals surface area contributed by atoms with Crippen LogP contribution in [0.1, 0.15) is 58.8 Å². The van der Waals surface area contributed by atoms with Crippen molar-refractivity contribution in [1.29, 1.82) is 0 Å². The molecule has 27 heavy (non-hydrogen) atoms. The van der Waals surface area contributed by atoms with Crippen molar-refractivity contribution in [3.05, 3.63) is 12.3 Å². The molecule has 1 saturated carbocycles. The molecule has 1 fully saturated rings. The largest absolute Gasteiger partial charge is 0.449 e. The molecule has 1 aromatic heterocycles. The van der Waals surface area contributed by atoms with Crippen LogP contribution in [-0.4, -0.2) is 40.2 Å². The van der Waals surface area contributed by atoms with E-state index in [1.807, 2.05) is 6.92 Å². The predicted octanol–water partition coefficient (Wildman–Crippen LogP) is 2.79. The van der Waals surface area contributed by atoms with Gasteiger partial charge in [-0.2, -0.15) is 5.10 Å². The highest BCUT2D eigenvalue weighted by molar-refractivity contribution is 6.42. The van der Waals surface area contributed by atoms with Crippen LogP contribution in [0, 0.1) is 5.41 Å². The minimum Gasteiger partial charge on any atom is -0.449 e. The molecule has 1 aliphatic rings. The number of Topliss-reactive ketones (excluding diaryl/α,β-unsaturated/α-hetero) is 1. The van der Waals surface area contributed by atoms with E-state index in [0.717, 1.165) is 32.1 Å². The van der Waals surface area contributed by atoms with Crippen LogP contribution in [0.4, 0.5) is 10.6 Å². The molecule has 2 rings (SSSR count). The quantitative estimate of drug-likeness (QED) is 0.610. The molecule has 2 N–H and O–H groups in total. The van der Waals surface area contributed by atoms with Gasteiger partial charge in [0.1, 0.15) is 11.9 Å². The topological polar surface area (TPSA) is 102 Å². The number of alkyl carbamates (subject to hydrolysis) is 1. The van der Waals surface area contributed by atoms with E-state index in [1.165, 1.54) is 10.9 Å². The molecular formula is C19H30N4O4. The maximum Gasteiger partial charge on any atom is 0.407 e. The van der Waals surface area contributed by atoms with Gasteiger partial charge in [-0.1, -0.05) is 33.1 Å². The number of ketones is 1. The Morgan fingerprint density at radius 2 is 2.07 bits per heavy atom. The van der Waals surface area contributed by atoms with Crippen molar-refractivity contribution in [1.82, 2.24) is 15.1 Å². The summed E-state index contributed by atoms with van der Waals surface area (Å²) in [5, 5.41) is 9.04. The van der Waals surface area contributed by atoms with Crippen molar-refractivity contribution in [2.24, 2.45) is 12.5 Å². The molecule has 1 atom stereocenters. The van der Waals surface area contributed by atoms with Gasteiger partial charge in [0.05, 0.1) is 12.8 Å². The zero-order valence-electron chi connectivity index (χ0n) is 16.4. The van der Waals surface area contributed by atoms with E-state index in [2.05, 4.69) is 22.7 Å². The van der Waals surface area contributed by atoms with E-state index in [1.54, 1.807) is 13.1 Å². The number of hydrogen-bond acceptors (Lipinski definition) is 5. The van der Waals surface area contributed by atoms with Crippen LogP contribution >= 0.6 is 0 Å². The number of hydrogen-bond donors (Lipinski definition) is 2. The number of rotatable bonds is 10. The average molecular weight is 378 g/mol. The molecule has 2 amide bonds. The number of nitrogens with one attached hydrogen (secondary N) is 2. The third kappa shape index (κ3) is 5.55. The number of anilines is 1. The molecular weight excluding hydrogens is 348 g/mol. The van der Waals surface area contributed by atoms with Crippen LogP contribution in [0.25, 0.3) is 0 Å². The van der Waals surface area contributed by atoms with Crippen molar-refractivity contribution in [3.63, 3.8) is 0 Å². The highest BCUT2D eigenvalue weighted by atomic mass is 16.5. The fraction of sp³-hybridized carbons (Fsp3) is 0.684. The van der Waals surface area contributed by atoms with Gasteiger partial charge in [0, 0.05) is 18.5 Å². The summed E-state index contributed by atoms with van der Waals surface area (Å²) in [7, 11) is 1.66. The third-order valence-electron chi connectivity index (χ3n) is 5.41. The van der Waals surface area contributed by atoms with Gasteiger partial charge in [0.25, 0.3) is 5.91 Å². The SMILES string of the molecule is CCCC[C@H](NC(=O)OCC1(CC)CCC1)C(=O)C(=O)Nc1ccnn1C. The average Bonchev–Trinajstić information content (AvgIpc) is 3.02. The van der Waals surface area contributed by atoms with E-state index in [9.17, 15) is 14.4 Å². The van der Waals surface area contributed by atoms with Gasteiger partial charge in [-0.3, -0.25) is 14.3 Å². The minimum absolute atomic E-state index is 0.0805. The van der Waals surface area contributed by atoms with Crippen LogP contribution in [0.5, 0.6) is 0 Å². The number of carbonyl (C=O) groups excluding carboxylic acids is 3. The first-order valence-corrected chi connectivity index (χ1v) is 9.67. The first-order chi connectivity index (χ1) is 12.9. The molecule has 8 heteroatoms. The first kappa shape index (κ1) is 20.9. The fourth-order valence-corrected chi connectivity index (χ4v) is 3.19. The van der Waals surface area contributed by atoms with E-state index in [-0.39, 0.29) is 5.41 Å². The molecule has 0 radical (unpaired) electrons. The van der Waals surface area contributed by atoms with Crippen molar-refractivity contribution < 1.29 is 19.1 Å². The number of aromatic nitrogens is 2. The summed E-state index contributed by atoms with van der Waals surface area (Å²) < 4.78 is 6.81. The summed E-state index contributed by atoms with van der Waals surface area (Å²) in [5.41, 5.74) is 0.0805. The second-order valence-electron chi connectivity index (χ2n) is 7.28. The van der Waals surface area contributed by atoms with Crippen LogP contribution < -0.4 is 10.6 Å². The molecule has 150 valence electrons. The highest BCUT2D eigenvalue weighted by Crippen LogP contribution is 2.43. The summed E-state index contributed by atoms with van der Waals surface area (Å²) in [4.78, 5) is 37.0. The fourth-order valence-electron chi connectivity index (χ4n) is 3.19. The summed E-state index contributed by atoms with van der Waals surface area (Å²) in [6, 6.07) is 0.696. The van der Waals surface area contributed by atoms with Crippen LogP contribution in [-0.2, 0) is 21.4 Å². The molecule has 0 aliphatic heterocycles. The minimum atomic E-state index is -0.898. The number of unbranched alkanes of at least 4 members (excludes halogenated alkanes) is 1. The third-order valence-corrected chi connectivity index (χ3v) is 5.41. The summed E-state index contributed by atoms with van der Waals surface area (Å²) in [6.45, 7) is 4.43. The predicted molar refractivity (Wildman–Crippen MR) is 101 cm³/mol. The number of nitrogens with zero attached hydrogens (tertiary/aromatic N) is 2. The Morgan fingerprint density at radius 1 is 1.33 bits per heavy atom. The molecule has 0 bridgehead atoms. The lowest BCUT2D eigenvalue weighted by Crippen LogP contribution is -2.47. The lowest BCUT2D eigenvalue weighted by Gasteiger charge is -2.40. The van der Waals surface area contributed by atoms with Crippen LogP contribution in [0.2, 0.25) is 0 Å². The molecule has 1 aliphatic carbocycles. The second kappa shape index (κ2) is 9.53. The van der Waals surface area contributed by atoms with E-state index in [0.29, 0.717) is 25.3 Å². The lowest BCUT2D eigenvalue weighted by molar-refractivity contribution is -0.136. The standard InChI is InChI=1S/C19H30N4O4/c1-4-6-8-14(16(24)17(25)22-15-9-12-20-23(15)3)21-18(26)27-13-19(5-2)10-7-11-19/h9,12,14H,4-8,10-11,13H2,1-3H3,(H,21,26)(H,22,25)/t14-/m0/s1. The summed E-state index contributed by atoms with van der Waals surface area (Å²) >= 11 is 0. The second-order valence-corrected chi connectivity index (χ2v) is 7.28. The lowest BCUT2D eigenvalue weighted by atomic mass is 9.68. The van der Waals surface area contributed by atoms with Crippen molar-refractivity contribution in [2.75, 3.05) is 11.9 Å². The Kier molecular flexibility index (Phi) is 7.38. The smallest absolute Gasteiger partial charge is 0.407 e. The summed E-state index contributed by atoms with van der Waals surface area (Å²) in [6.07, 6.45) is 7.08. The first-order valence-electron chi connectivity index (χ1n) is 9.67. The van der Waals surface area contributed by atoms with Gasteiger partial charge in [-0.15, -0.1) is 0 Å². The Labute approximate surface area is 160 Å². The molecule has 8 nitrogen and oxygen atoms in total. The van der Waals surface area contributed by atoms with Gasteiger partial charge in [0.15, 0.2) is 0 Å². The molecule has 1 aromatic rings. The van der Waals surface area contributed by atoms with Gasteiger partial charge in [-0.05, 0) is 25.7 Å². The van der Waals surface area contributed by atoms with Gasteiger partial charge >= 0.3 is 6.09 Å². The maximum absolute atomic E-state index is 12.5. The van der Waals surface area contributed by atoms with Crippen LogP contribution in [0.15, 0.2) is 12.3 Å². The van der Waals surface area contributed by atoms with E-state index < -0.39 is 23.8 Å². The van der Waals surface area contributed by atoms with Gasteiger partial charge in [0.2, 0.25) is 5.78 Å². The number of aryl methyl sites for hydroxylation is 1. The van der Waals surface area contributed by atoms with E-state index >= 15 is 0 Å². The Bertz CT molecular complexity index is 661. The number of amides is 2. The molecule has 0 unspecified atom stereocenters. The van der Waals surface area contributed by atoms with Gasteiger partial charge in [-0.25, -0.2) is 4.79 Å². The summed E-state index contributed by atoms with van der Waals surface area (Å²) in [5.74, 6) is -1.04. The zero-order chi connectivity index (χ0) is 19.9.